The Morgan fingerprint density at radius 1 is 0.833 bits per heavy atom. The molecular weight excluding hydrogens is 225 g/mol. The highest BCUT2D eigenvalue weighted by Crippen LogP contribution is 2.26. The molecule has 0 spiro atoms. The van der Waals surface area contributed by atoms with Crippen molar-refractivity contribution in [2.45, 2.75) is 12.8 Å². The minimum Gasteiger partial charge on any atom is -0.372 e. The third kappa shape index (κ3) is 2.23. The largest absolute Gasteiger partial charge is 0.372 e. The fraction of sp³-hybridized carbons (Fsp3) is 0.250. The van der Waals surface area contributed by atoms with E-state index >= 15 is 0 Å². The lowest BCUT2D eigenvalue weighted by atomic mass is 10.0. The number of hydrogen-bond donors (Lipinski definition) is 0. The molecule has 1 nitrogen and oxygen atoms in total. The van der Waals surface area contributed by atoms with Crippen molar-refractivity contribution in [1.29, 1.82) is 0 Å². The van der Waals surface area contributed by atoms with E-state index in [4.69, 9.17) is 0 Å². The van der Waals surface area contributed by atoms with Gasteiger partial charge in [-0.05, 0) is 48.2 Å². The molecular formula is C16H16FN. The number of rotatable bonds is 2. The van der Waals surface area contributed by atoms with Crippen molar-refractivity contribution in [2.24, 2.45) is 0 Å². The molecule has 1 saturated heterocycles. The van der Waals surface area contributed by atoms with E-state index in [1.165, 1.54) is 30.7 Å². The van der Waals surface area contributed by atoms with Gasteiger partial charge in [-0.15, -0.1) is 0 Å². The molecule has 2 aromatic carbocycles. The topological polar surface area (TPSA) is 3.24 Å². The van der Waals surface area contributed by atoms with E-state index in [-0.39, 0.29) is 5.82 Å². The molecule has 0 amide bonds. The molecule has 0 aromatic heterocycles. The summed E-state index contributed by atoms with van der Waals surface area (Å²) in [6.45, 7) is 2.29. The zero-order valence-corrected chi connectivity index (χ0v) is 10.3. The maximum atomic E-state index is 12.9. The molecule has 2 heteroatoms. The van der Waals surface area contributed by atoms with Gasteiger partial charge < -0.3 is 4.90 Å². The lowest BCUT2D eigenvalue weighted by Gasteiger charge is -2.18. The first-order valence-corrected chi connectivity index (χ1v) is 6.44. The molecule has 2 aromatic rings. The van der Waals surface area contributed by atoms with Crippen molar-refractivity contribution in [2.75, 3.05) is 18.0 Å². The van der Waals surface area contributed by atoms with Crippen LogP contribution in [0, 0.1) is 5.82 Å². The van der Waals surface area contributed by atoms with Crippen LogP contribution in [0.2, 0.25) is 0 Å². The van der Waals surface area contributed by atoms with Crippen LogP contribution in [-0.2, 0) is 0 Å². The Morgan fingerprint density at radius 3 is 2.28 bits per heavy atom. The van der Waals surface area contributed by atoms with E-state index in [0.29, 0.717) is 0 Å². The predicted octanol–water partition coefficient (Wildman–Crippen LogP) is 4.09. The summed E-state index contributed by atoms with van der Waals surface area (Å²) < 4.78 is 12.9. The molecule has 3 rings (SSSR count). The molecule has 0 aliphatic carbocycles. The first kappa shape index (κ1) is 11.3. The van der Waals surface area contributed by atoms with Crippen LogP contribution >= 0.6 is 0 Å². The average molecular weight is 241 g/mol. The molecule has 0 saturated carbocycles. The first-order chi connectivity index (χ1) is 8.83. The predicted molar refractivity (Wildman–Crippen MR) is 73.3 cm³/mol. The number of nitrogens with zero attached hydrogens (tertiary/aromatic N) is 1. The first-order valence-electron chi connectivity index (χ1n) is 6.44. The molecule has 0 N–H and O–H groups in total. The maximum absolute atomic E-state index is 12.9. The van der Waals surface area contributed by atoms with Crippen LogP contribution in [0.3, 0.4) is 0 Å². The molecule has 1 aliphatic rings. The lowest BCUT2D eigenvalue weighted by molar-refractivity contribution is 0.628. The second kappa shape index (κ2) is 4.81. The lowest BCUT2D eigenvalue weighted by Crippen LogP contribution is -2.17. The second-order valence-electron chi connectivity index (χ2n) is 4.75. The van der Waals surface area contributed by atoms with Gasteiger partial charge in [0.2, 0.25) is 0 Å². The summed E-state index contributed by atoms with van der Waals surface area (Å²) in [7, 11) is 0. The highest BCUT2D eigenvalue weighted by atomic mass is 19.1. The van der Waals surface area contributed by atoms with E-state index in [9.17, 15) is 4.39 Å². The van der Waals surface area contributed by atoms with Crippen LogP contribution in [0.1, 0.15) is 12.8 Å². The van der Waals surface area contributed by atoms with E-state index in [2.05, 4.69) is 29.2 Å². The normalized spacial score (nSPS) is 15.1. The number of anilines is 1. The van der Waals surface area contributed by atoms with Gasteiger partial charge in [-0.1, -0.05) is 24.3 Å². The van der Waals surface area contributed by atoms with E-state index in [0.717, 1.165) is 24.2 Å². The van der Waals surface area contributed by atoms with Crippen molar-refractivity contribution in [1.82, 2.24) is 0 Å². The standard InChI is InChI=1S/C16H16FN/c17-15-8-6-13(7-9-15)14-4-3-5-16(12-14)18-10-1-2-11-18/h3-9,12H,1-2,10-11H2. The molecule has 1 fully saturated rings. The quantitative estimate of drug-likeness (QED) is 0.765. The van der Waals surface area contributed by atoms with Crippen LogP contribution in [0.4, 0.5) is 10.1 Å². The highest BCUT2D eigenvalue weighted by Gasteiger charge is 2.12. The molecule has 18 heavy (non-hydrogen) atoms. The zero-order chi connectivity index (χ0) is 12.4. The van der Waals surface area contributed by atoms with Crippen molar-refractivity contribution in [3.63, 3.8) is 0 Å². The van der Waals surface area contributed by atoms with Gasteiger partial charge in [-0.3, -0.25) is 0 Å². The van der Waals surface area contributed by atoms with Gasteiger partial charge in [0.1, 0.15) is 5.82 Å². The van der Waals surface area contributed by atoms with Crippen molar-refractivity contribution >= 4 is 5.69 Å². The van der Waals surface area contributed by atoms with Gasteiger partial charge in [0.05, 0.1) is 0 Å². The Morgan fingerprint density at radius 2 is 1.56 bits per heavy atom. The third-order valence-electron chi connectivity index (χ3n) is 3.49. The zero-order valence-electron chi connectivity index (χ0n) is 10.3. The maximum Gasteiger partial charge on any atom is 0.123 e. The van der Waals surface area contributed by atoms with E-state index in [1.54, 1.807) is 0 Å². The molecule has 92 valence electrons. The Kier molecular flexibility index (Phi) is 3.01. The average Bonchev–Trinajstić information content (AvgIpc) is 2.94. The summed E-state index contributed by atoms with van der Waals surface area (Å²) in [5.41, 5.74) is 3.49. The fourth-order valence-corrected chi connectivity index (χ4v) is 2.50. The van der Waals surface area contributed by atoms with Gasteiger partial charge in [-0.25, -0.2) is 4.39 Å². The van der Waals surface area contributed by atoms with Crippen LogP contribution in [-0.4, -0.2) is 13.1 Å². The Hall–Kier alpha value is -1.83. The van der Waals surface area contributed by atoms with Crippen molar-refractivity contribution in [3.05, 3.63) is 54.3 Å². The van der Waals surface area contributed by atoms with Crippen LogP contribution < -0.4 is 4.90 Å². The Labute approximate surface area is 107 Å². The number of hydrogen-bond acceptors (Lipinski definition) is 1. The molecule has 0 atom stereocenters. The minimum absolute atomic E-state index is 0.186. The van der Waals surface area contributed by atoms with Gasteiger partial charge in [0.25, 0.3) is 0 Å². The van der Waals surface area contributed by atoms with Crippen LogP contribution in [0.15, 0.2) is 48.5 Å². The Bertz CT molecular complexity index is 527. The summed E-state index contributed by atoms with van der Waals surface area (Å²) in [6.07, 6.45) is 2.56. The molecule has 0 bridgehead atoms. The molecule has 1 aliphatic heterocycles. The Balaban J connectivity index is 1.92. The second-order valence-corrected chi connectivity index (χ2v) is 4.75. The SMILES string of the molecule is Fc1ccc(-c2cccc(N3CCCC3)c2)cc1. The van der Waals surface area contributed by atoms with Gasteiger partial charge in [-0.2, -0.15) is 0 Å². The van der Waals surface area contributed by atoms with Gasteiger partial charge in [0.15, 0.2) is 0 Å². The summed E-state index contributed by atoms with van der Waals surface area (Å²) in [5, 5.41) is 0. The third-order valence-corrected chi connectivity index (χ3v) is 3.49. The smallest absolute Gasteiger partial charge is 0.123 e. The van der Waals surface area contributed by atoms with Crippen molar-refractivity contribution in [3.8, 4) is 11.1 Å². The monoisotopic (exact) mass is 241 g/mol. The minimum atomic E-state index is -0.186. The number of halogens is 1. The summed E-state index contributed by atoms with van der Waals surface area (Å²) >= 11 is 0. The van der Waals surface area contributed by atoms with Crippen molar-refractivity contribution < 1.29 is 4.39 Å². The van der Waals surface area contributed by atoms with Gasteiger partial charge in [0, 0.05) is 18.8 Å². The van der Waals surface area contributed by atoms with E-state index < -0.39 is 0 Å². The van der Waals surface area contributed by atoms with E-state index in [1.807, 2.05) is 12.1 Å². The number of benzene rings is 2. The summed E-state index contributed by atoms with van der Waals surface area (Å²) in [6, 6.07) is 15.2. The summed E-state index contributed by atoms with van der Waals surface area (Å²) in [4.78, 5) is 2.41. The van der Waals surface area contributed by atoms with Crippen LogP contribution in [0.5, 0.6) is 0 Å². The molecule has 0 unspecified atom stereocenters. The summed E-state index contributed by atoms with van der Waals surface area (Å²) in [5.74, 6) is -0.186. The fourth-order valence-electron chi connectivity index (χ4n) is 2.50. The molecule has 1 heterocycles. The highest BCUT2D eigenvalue weighted by molar-refractivity contribution is 5.68. The van der Waals surface area contributed by atoms with Crippen LogP contribution in [0.25, 0.3) is 11.1 Å². The van der Waals surface area contributed by atoms with Gasteiger partial charge >= 0.3 is 0 Å². The molecule has 0 radical (unpaired) electrons.